The highest BCUT2D eigenvalue weighted by atomic mass is 79.9. The van der Waals surface area contributed by atoms with Crippen molar-refractivity contribution >= 4 is 33.7 Å². The highest BCUT2D eigenvalue weighted by Crippen LogP contribution is 2.21. The van der Waals surface area contributed by atoms with Gasteiger partial charge in [0.25, 0.3) is 5.91 Å². The van der Waals surface area contributed by atoms with Crippen LogP contribution in [-0.2, 0) is 9.59 Å². The number of amides is 3. The van der Waals surface area contributed by atoms with E-state index in [1.54, 1.807) is 24.3 Å². The number of aliphatic hydroxyl groups excluding tert-OH is 2. The van der Waals surface area contributed by atoms with E-state index in [4.69, 9.17) is 5.73 Å². The SMILES string of the molecule is CC(NC(=O)C1=CC(NC(=O)c2ccccc2Br)C(O)C(O)C1)C(N)=O. The first-order valence-electron chi connectivity index (χ1n) is 7.93. The molecule has 0 fully saturated rings. The molecule has 0 heterocycles. The molecular weight excluding hydrogens is 406 g/mol. The molecule has 3 amide bonds. The Morgan fingerprint density at radius 2 is 1.88 bits per heavy atom. The van der Waals surface area contributed by atoms with E-state index in [1.807, 2.05) is 0 Å². The predicted octanol–water partition coefficient (Wildman–Crippen LogP) is -0.411. The molecule has 1 aliphatic carbocycles. The minimum absolute atomic E-state index is 0.111. The van der Waals surface area contributed by atoms with Gasteiger partial charge in [-0.1, -0.05) is 18.2 Å². The molecule has 26 heavy (non-hydrogen) atoms. The maximum absolute atomic E-state index is 12.4. The van der Waals surface area contributed by atoms with E-state index in [0.717, 1.165) is 0 Å². The van der Waals surface area contributed by atoms with Crippen molar-refractivity contribution in [1.29, 1.82) is 0 Å². The highest BCUT2D eigenvalue weighted by Gasteiger charge is 2.34. The molecule has 1 aromatic rings. The molecule has 1 aromatic carbocycles. The van der Waals surface area contributed by atoms with Crippen molar-refractivity contribution in [3.63, 3.8) is 0 Å². The minimum atomic E-state index is -1.27. The van der Waals surface area contributed by atoms with E-state index < -0.39 is 42.0 Å². The van der Waals surface area contributed by atoms with Crippen LogP contribution in [0.1, 0.15) is 23.7 Å². The van der Waals surface area contributed by atoms with Crippen LogP contribution in [0, 0.1) is 0 Å². The Hall–Kier alpha value is -2.23. The average Bonchev–Trinajstić information content (AvgIpc) is 2.58. The number of carbonyl (C=O) groups excluding carboxylic acids is 3. The molecular formula is C17H20BrN3O5. The molecule has 1 aliphatic rings. The van der Waals surface area contributed by atoms with Crippen molar-refractivity contribution in [3.05, 3.63) is 46.0 Å². The van der Waals surface area contributed by atoms with Gasteiger partial charge < -0.3 is 26.6 Å². The quantitative estimate of drug-likeness (QED) is 0.435. The Kier molecular flexibility index (Phi) is 6.52. The second kappa shape index (κ2) is 8.43. The van der Waals surface area contributed by atoms with E-state index >= 15 is 0 Å². The first-order valence-corrected chi connectivity index (χ1v) is 8.72. The number of carbonyl (C=O) groups is 3. The Balaban J connectivity index is 2.18. The summed E-state index contributed by atoms with van der Waals surface area (Å²) in [6.45, 7) is 1.43. The molecule has 140 valence electrons. The minimum Gasteiger partial charge on any atom is -0.390 e. The third kappa shape index (κ3) is 4.69. The number of hydrogen-bond donors (Lipinski definition) is 5. The van der Waals surface area contributed by atoms with Crippen molar-refractivity contribution in [3.8, 4) is 0 Å². The predicted molar refractivity (Wildman–Crippen MR) is 96.9 cm³/mol. The van der Waals surface area contributed by atoms with Crippen molar-refractivity contribution in [1.82, 2.24) is 10.6 Å². The largest absolute Gasteiger partial charge is 0.390 e. The van der Waals surface area contributed by atoms with Crippen LogP contribution >= 0.6 is 15.9 Å². The summed E-state index contributed by atoms with van der Waals surface area (Å²) in [5.41, 5.74) is 5.61. The number of halogens is 1. The fourth-order valence-corrected chi connectivity index (χ4v) is 2.96. The van der Waals surface area contributed by atoms with Crippen molar-refractivity contribution in [2.45, 2.75) is 37.6 Å². The van der Waals surface area contributed by atoms with Crippen molar-refractivity contribution < 1.29 is 24.6 Å². The summed E-state index contributed by atoms with van der Waals surface area (Å²) in [7, 11) is 0. The van der Waals surface area contributed by atoms with Gasteiger partial charge in [0, 0.05) is 16.5 Å². The van der Waals surface area contributed by atoms with Crippen LogP contribution in [0.25, 0.3) is 0 Å². The Labute approximate surface area is 158 Å². The fraction of sp³-hybridized carbons (Fsp3) is 0.353. The zero-order chi connectivity index (χ0) is 19.4. The van der Waals surface area contributed by atoms with Gasteiger partial charge in [0.2, 0.25) is 11.8 Å². The molecule has 0 saturated heterocycles. The normalized spacial score (nSPS) is 23.5. The molecule has 9 heteroatoms. The van der Waals surface area contributed by atoms with Crippen LogP contribution in [0.2, 0.25) is 0 Å². The summed E-state index contributed by atoms with van der Waals surface area (Å²) in [4.78, 5) is 35.7. The molecule has 2 rings (SSSR count). The first-order chi connectivity index (χ1) is 12.2. The highest BCUT2D eigenvalue weighted by molar-refractivity contribution is 9.10. The van der Waals surface area contributed by atoms with Gasteiger partial charge >= 0.3 is 0 Å². The van der Waals surface area contributed by atoms with E-state index in [9.17, 15) is 24.6 Å². The zero-order valence-electron chi connectivity index (χ0n) is 14.0. The van der Waals surface area contributed by atoms with E-state index in [-0.39, 0.29) is 12.0 Å². The molecule has 0 aromatic heterocycles. The van der Waals surface area contributed by atoms with Gasteiger partial charge in [-0.25, -0.2) is 0 Å². The number of nitrogens with two attached hydrogens (primary N) is 1. The molecule has 0 aliphatic heterocycles. The number of aliphatic hydroxyl groups is 2. The van der Waals surface area contributed by atoms with Gasteiger partial charge in [-0.2, -0.15) is 0 Å². The van der Waals surface area contributed by atoms with Gasteiger partial charge in [-0.05, 0) is 35.0 Å². The number of nitrogens with one attached hydrogen (secondary N) is 2. The molecule has 4 atom stereocenters. The maximum Gasteiger partial charge on any atom is 0.252 e. The van der Waals surface area contributed by atoms with Crippen molar-refractivity contribution in [2.24, 2.45) is 5.73 Å². The lowest BCUT2D eigenvalue weighted by molar-refractivity contribution is -0.125. The fourth-order valence-electron chi connectivity index (χ4n) is 2.50. The topological polar surface area (TPSA) is 142 Å². The van der Waals surface area contributed by atoms with E-state index in [0.29, 0.717) is 10.0 Å². The average molecular weight is 426 g/mol. The molecule has 4 unspecified atom stereocenters. The summed E-state index contributed by atoms with van der Waals surface area (Å²) >= 11 is 3.27. The molecule has 0 radical (unpaired) electrons. The molecule has 8 nitrogen and oxygen atoms in total. The molecule has 0 saturated carbocycles. The number of hydrogen-bond acceptors (Lipinski definition) is 5. The number of rotatable bonds is 5. The monoisotopic (exact) mass is 425 g/mol. The summed E-state index contributed by atoms with van der Waals surface area (Å²) in [6, 6.07) is 4.87. The Morgan fingerprint density at radius 1 is 1.23 bits per heavy atom. The summed E-state index contributed by atoms with van der Waals surface area (Å²) in [5.74, 6) is -1.77. The van der Waals surface area contributed by atoms with Gasteiger partial charge in [0.05, 0.1) is 17.7 Å². The van der Waals surface area contributed by atoms with Crippen LogP contribution < -0.4 is 16.4 Å². The summed E-state index contributed by atoms with van der Waals surface area (Å²) in [5, 5.41) is 25.2. The van der Waals surface area contributed by atoms with Gasteiger partial charge in [-0.3, -0.25) is 14.4 Å². The second-order valence-corrected chi connectivity index (χ2v) is 6.88. The number of benzene rings is 1. The smallest absolute Gasteiger partial charge is 0.252 e. The molecule has 0 spiro atoms. The Morgan fingerprint density at radius 3 is 2.50 bits per heavy atom. The standard InChI is InChI=1S/C17H20BrN3O5/c1-8(15(19)24)20-16(25)9-6-12(14(23)13(22)7-9)21-17(26)10-4-2-3-5-11(10)18/h2-6,8,12-14,22-23H,7H2,1H3,(H2,19,24)(H,20,25)(H,21,26). The molecule has 0 bridgehead atoms. The third-order valence-electron chi connectivity index (χ3n) is 4.05. The van der Waals surface area contributed by atoms with Gasteiger partial charge in [-0.15, -0.1) is 0 Å². The van der Waals surface area contributed by atoms with Crippen LogP contribution in [0.4, 0.5) is 0 Å². The van der Waals surface area contributed by atoms with Crippen LogP contribution in [0.3, 0.4) is 0 Å². The first kappa shape index (κ1) is 20.1. The summed E-state index contributed by atoms with van der Waals surface area (Å²) in [6.07, 6.45) is -1.25. The number of primary amides is 1. The van der Waals surface area contributed by atoms with Crippen LogP contribution in [0.15, 0.2) is 40.4 Å². The van der Waals surface area contributed by atoms with Gasteiger partial charge in [0.15, 0.2) is 0 Å². The molecule has 6 N–H and O–H groups in total. The summed E-state index contributed by atoms with van der Waals surface area (Å²) < 4.78 is 0.570. The van der Waals surface area contributed by atoms with E-state index in [1.165, 1.54) is 13.0 Å². The lowest BCUT2D eigenvalue weighted by atomic mass is 9.89. The zero-order valence-corrected chi connectivity index (χ0v) is 15.6. The van der Waals surface area contributed by atoms with Gasteiger partial charge in [0.1, 0.15) is 12.1 Å². The second-order valence-electron chi connectivity index (χ2n) is 6.03. The van der Waals surface area contributed by atoms with Crippen LogP contribution in [-0.4, -0.2) is 52.2 Å². The lowest BCUT2D eigenvalue weighted by Gasteiger charge is -2.31. The maximum atomic E-state index is 12.4. The van der Waals surface area contributed by atoms with Crippen LogP contribution in [0.5, 0.6) is 0 Å². The third-order valence-corrected chi connectivity index (χ3v) is 4.75. The lowest BCUT2D eigenvalue weighted by Crippen LogP contribution is -2.51. The van der Waals surface area contributed by atoms with Crippen molar-refractivity contribution in [2.75, 3.05) is 0 Å². The Bertz CT molecular complexity index is 752. The van der Waals surface area contributed by atoms with E-state index in [2.05, 4.69) is 26.6 Å².